The van der Waals surface area contributed by atoms with Crippen molar-refractivity contribution in [3.05, 3.63) is 112 Å². The second-order valence-corrected chi connectivity index (χ2v) is 9.88. The molecule has 0 spiro atoms. The Hall–Kier alpha value is -3.97. The normalized spacial score (nSPS) is 16.4. The Kier molecular flexibility index (Phi) is 6.00. The van der Waals surface area contributed by atoms with E-state index in [1.807, 2.05) is 21.6 Å². The molecule has 6 rings (SSSR count). The van der Waals surface area contributed by atoms with Crippen LogP contribution in [0.2, 0.25) is 0 Å². The van der Waals surface area contributed by atoms with Crippen LogP contribution in [0.5, 0.6) is 0 Å². The Morgan fingerprint density at radius 3 is 2.03 bits per heavy atom. The first-order chi connectivity index (χ1) is 18.0. The third kappa shape index (κ3) is 4.40. The van der Waals surface area contributed by atoms with Crippen molar-refractivity contribution in [3.63, 3.8) is 0 Å². The van der Waals surface area contributed by atoms with Crippen LogP contribution >= 0.6 is 0 Å². The average Bonchev–Trinajstić information content (AvgIpc) is 3.76. The summed E-state index contributed by atoms with van der Waals surface area (Å²) in [6.07, 6.45) is 3.26. The number of halogens is 1. The first-order valence-corrected chi connectivity index (χ1v) is 12.7. The van der Waals surface area contributed by atoms with E-state index in [0.717, 1.165) is 25.9 Å². The number of aromatic nitrogens is 1. The molecule has 0 unspecified atom stereocenters. The van der Waals surface area contributed by atoms with Gasteiger partial charge in [0.2, 0.25) is 5.43 Å². The summed E-state index contributed by atoms with van der Waals surface area (Å²) < 4.78 is 17.2. The maximum atomic E-state index is 15.4. The van der Waals surface area contributed by atoms with Gasteiger partial charge in [-0.25, -0.2) is 9.18 Å². The molecule has 2 fully saturated rings. The standard InChI is InChI=1S/C30H28FN3O3/c31-25-17-23-26(34(22-11-12-22)19-24(29(23)35)30(36)37)18-27(25)32-13-15-33(16-14-32)28(20-7-3-1-4-8-20)21-9-5-2-6-10-21/h1-10,17-19,22,28H,11-16H2,(H,36,37). The smallest absolute Gasteiger partial charge is 0.341 e. The summed E-state index contributed by atoms with van der Waals surface area (Å²) in [6, 6.07) is 24.1. The SMILES string of the molecule is O=C(O)c1cn(C2CC2)c2cc(N3CCN(C(c4ccccc4)c4ccccc4)CC3)c(F)cc2c1=O. The van der Waals surface area contributed by atoms with Crippen molar-refractivity contribution in [2.24, 2.45) is 0 Å². The largest absolute Gasteiger partial charge is 0.477 e. The maximum Gasteiger partial charge on any atom is 0.341 e. The molecule has 2 aliphatic rings. The van der Waals surface area contributed by atoms with E-state index in [4.69, 9.17) is 0 Å². The third-order valence-corrected chi connectivity index (χ3v) is 7.52. The molecule has 1 saturated heterocycles. The van der Waals surface area contributed by atoms with Crippen LogP contribution in [0.4, 0.5) is 10.1 Å². The van der Waals surface area contributed by atoms with Crippen LogP contribution in [0.1, 0.15) is 46.4 Å². The zero-order chi connectivity index (χ0) is 25.5. The molecule has 0 amide bonds. The van der Waals surface area contributed by atoms with E-state index >= 15 is 4.39 Å². The van der Waals surface area contributed by atoms with Gasteiger partial charge in [-0.15, -0.1) is 0 Å². The lowest BCUT2D eigenvalue weighted by atomic mass is 9.96. The lowest BCUT2D eigenvalue weighted by Crippen LogP contribution is -2.48. The number of hydrogen-bond acceptors (Lipinski definition) is 4. The zero-order valence-corrected chi connectivity index (χ0v) is 20.4. The number of rotatable bonds is 6. The summed E-state index contributed by atoms with van der Waals surface area (Å²) in [5, 5.41) is 9.62. The second-order valence-electron chi connectivity index (χ2n) is 9.88. The first-order valence-electron chi connectivity index (χ1n) is 12.7. The Labute approximate surface area is 214 Å². The van der Waals surface area contributed by atoms with E-state index in [9.17, 15) is 14.7 Å². The fourth-order valence-electron chi connectivity index (χ4n) is 5.51. The lowest BCUT2D eigenvalue weighted by Gasteiger charge is -2.40. The summed E-state index contributed by atoms with van der Waals surface area (Å²) in [5.41, 5.74) is 2.56. The summed E-state index contributed by atoms with van der Waals surface area (Å²) >= 11 is 0. The molecule has 7 heteroatoms. The first kappa shape index (κ1) is 23.4. The quantitative estimate of drug-likeness (QED) is 0.402. The highest BCUT2D eigenvalue weighted by Crippen LogP contribution is 2.38. The highest BCUT2D eigenvalue weighted by molar-refractivity contribution is 5.93. The number of fused-ring (bicyclic) bond motifs is 1. The number of piperazine rings is 1. The van der Waals surface area contributed by atoms with E-state index in [-0.39, 0.29) is 23.0 Å². The van der Waals surface area contributed by atoms with Crippen LogP contribution in [0.25, 0.3) is 10.9 Å². The molecule has 1 N–H and O–H groups in total. The van der Waals surface area contributed by atoms with Gasteiger partial charge < -0.3 is 14.6 Å². The van der Waals surface area contributed by atoms with Gasteiger partial charge in [-0.1, -0.05) is 60.7 Å². The Morgan fingerprint density at radius 2 is 1.49 bits per heavy atom. The fourth-order valence-corrected chi connectivity index (χ4v) is 5.51. The van der Waals surface area contributed by atoms with E-state index in [2.05, 4.69) is 53.4 Å². The van der Waals surface area contributed by atoms with Crippen LogP contribution < -0.4 is 10.3 Å². The molecule has 2 heterocycles. The average molecular weight is 498 g/mol. The Balaban J connectivity index is 1.31. The van der Waals surface area contributed by atoms with Crippen molar-refractivity contribution < 1.29 is 14.3 Å². The predicted molar refractivity (Wildman–Crippen MR) is 142 cm³/mol. The van der Waals surface area contributed by atoms with Crippen molar-refractivity contribution in [2.45, 2.75) is 24.9 Å². The predicted octanol–water partition coefficient (Wildman–Crippen LogP) is 5.09. The van der Waals surface area contributed by atoms with Crippen LogP contribution in [0, 0.1) is 5.82 Å². The molecular weight excluding hydrogens is 469 g/mol. The van der Waals surface area contributed by atoms with Gasteiger partial charge in [0.1, 0.15) is 11.4 Å². The molecule has 1 saturated carbocycles. The Bertz CT molecular complexity index is 1470. The van der Waals surface area contributed by atoms with E-state index in [0.29, 0.717) is 24.3 Å². The third-order valence-electron chi connectivity index (χ3n) is 7.52. The highest BCUT2D eigenvalue weighted by atomic mass is 19.1. The minimum atomic E-state index is -1.28. The minimum Gasteiger partial charge on any atom is -0.477 e. The van der Waals surface area contributed by atoms with Crippen LogP contribution in [0.15, 0.2) is 83.8 Å². The molecule has 6 nitrogen and oxygen atoms in total. The molecule has 0 radical (unpaired) electrons. The van der Waals surface area contributed by atoms with Gasteiger partial charge in [0.25, 0.3) is 0 Å². The van der Waals surface area contributed by atoms with Gasteiger partial charge in [0.15, 0.2) is 0 Å². The fraction of sp³-hybridized carbons (Fsp3) is 0.267. The maximum absolute atomic E-state index is 15.4. The number of nitrogens with zero attached hydrogens (tertiary/aromatic N) is 3. The number of pyridine rings is 1. The minimum absolute atomic E-state index is 0.112. The van der Waals surface area contributed by atoms with Crippen LogP contribution in [0.3, 0.4) is 0 Å². The van der Waals surface area contributed by atoms with E-state index in [1.54, 1.807) is 6.07 Å². The van der Waals surface area contributed by atoms with Gasteiger partial charge in [-0.05, 0) is 36.1 Å². The van der Waals surface area contributed by atoms with Gasteiger partial charge in [0, 0.05) is 43.8 Å². The molecule has 4 aromatic rings. The molecule has 1 aromatic heterocycles. The summed E-state index contributed by atoms with van der Waals surface area (Å²) in [5.74, 6) is -1.78. The monoisotopic (exact) mass is 497 g/mol. The van der Waals surface area contributed by atoms with Crippen LogP contribution in [-0.2, 0) is 0 Å². The summed E-state index contributed by atoms with van der Waals surface area (Å²) in [7, 11) is 0. The number of benzene rings is 3. The van der Waals surface area contributed by atoms with Crippen LogP contribution in [-0.4, -0.2) is 46.7 Å². The topological polar surface area (TPSA) is 65.8 Å². The van der Waals surface area contributed by atoms with Gasteiger partial charge >= 0.3 is 5.97 Å². The van der Waals surface area contributed by atoms with Crippen molar-refractivity contribution in [2.75, 3.05) is 31.1 Å². The zero-order valence-electron chi connectivity index (χ0n) is 20.4. The molecule has 0 bridgehead atoms. The number of carbonyl (C=O) groups is 1. The molecule has 37 heavy (non-hydrogen) atoms. The van der Waals surface area contributed by atoms with Gasteiger partial charge in [-0.3, -0.25) is 9.69 Å². The number of carboxylic acids is 1. The number of anilines is 1. The molecular formula is C30H28FN3O3. The van der Waals surface area contributed by atoms with E-state index in [1.165, 1.54) is 23.4 Å². The number of hydrogen-bond donors (Lipinski definition) is 1. The lowest BCUT2D eigenvalue weighted by molar-refractivity contribution is 0.0695. The molecule has 1 aliphatic heterocycles. The van der Waals surface area contributed by atoms with Crippen molar-refractivity contribution in [3.8, 4) is 0 Å². The Morgan fingerprint density at radius 1 is 0.892 bits per heavy atom. The van der Waals surface area contributed by atoms with Gasteiger partial charge in [-0.2, -0.15) is 0 Å². The summed E-state index contributed by atoms with van der Waals surface area (Å²) in [6.45, 7) is 2.78. The second kappa shape index (κ2) is 9.48. The number of aromatic carboxylic acids is 1. The molecule has 3 aromatic carbocycles. The van der Waals surface area contributed by atoms with Gasteiger partial charge in [0.05, 0.1) is 17.2 Å². The summed E-state index contributed by atoms with van der Waals surface area (Å²) in [4.78, 5) is 28.9. The molecule has 1 aliphatic carbocycles. The van der Waals surface area contributed by atoms with Crippen molar-refractivity contribution in [1.29, 1.82) is 0 Å². The van der Waals surface area contributed by atoms with E-state index < -0.39 is 17.2 Å². The highest BCUT2D eigenvalue weighted by Gasteiger charge is 2.30. The van der Waals surface area contributed by atoms with Crippen molar-refractivity contribution in [1.82, 2.24) is 9.47 Å². The molecule has 188 valence electrons. The van der Waals surface area contributed by atoms with Crippen molar-refractivity contribution >= 4 is 22.6 Å². The molecule has 0 atom stereocenters. The number of carboxylic acid groups (broad SMARTS) is 1.